The number of thiophene rings is 1. The highest BCUT2D eigenvalue weighted by Crippen LogP contribution is 2.25. The molecule has 0 saturated carbocycles. The highest BCUT2D eigenvalue weighted by Gasteiger charge is 2.17. The fourth-order valence-corrected chi connectivity index (χ4v) is 3.40. The van der Waals surface area contributed by atoms with E-state index in [9.17, 15) is 4.79 Å². The molecule has 3 nitrogen and oxygen atoms in total. The quantitative estimate of drug-likeness (QED) is 0.715. The fraction of sp³-hybridized carbons (Fsp3) is 0.235. The summed E-state index contributed by atoms with van der Waals surface area (Å²) in [5.74, 6) is -0.00736. The van der Waals surface area contributed by atoms with Crippen molar-refractivity contribution in [3.05, 3.63) is 58.4 Å². The van der Waals surface area contributed by atoms with Crippen LogP contribution in [0.1, 0.15) is 41.0 Å². The number of H-pyrrole nitrogens is 1. The minimum Gasteiger partial charge on any atom is -0.361 e. The van der Waals surface area contributed by atoms with Gasteiger partial charge in [-0.1, -0.05) is 25.5 Å². The molecular formula is C17H18N2OS. The van der Waals surface area contributed by atoms with E-state index in [4.69, 9.17) is 0 Å². The second kappa shape index (κ2) is 6.14. The van der Waals surface area contributed by atoms with Gasteiger partial charge in [-0.15, -0.1) is 11.3 Å². The van der Waals surface area contributed by atoms with Gasteiger partial charge in [0.2, 0.25) is 0 Å². The van der Waals surface area contributed by atoms with Crippen molar-refractivity contribution in [1.82, 2.24) is 10.3 Å². The van der Waals surface area contributed by atoms with Crippen LogP contribution in [0.15, 0.2) is 48.0 Å². The summed E-state index contributed by atoms with van der Waals surface area (Å²) in [5.41, 5.74) is 1.72. The molecular weight excluding hydrogens is 280 g/mol. The highest BCUT2D eigenvalue weighted by atomic mass is 32.1. The molecule has 2 heterocycles. The van der Waals surface area contributed by atoms with Gasteiger partial charge in [0.15, 0.2) is 0 Å². The Morgan fingerprint density at radius 3 is 2.95 bits per heavy atom. The van der Waals surface area contributed by atoms with Gasteiger partial charge < -0.3 is 10.3 Å². The molecule has 0 saturated heterocycles. The summed E-state index contributed by atoms with van der Waals surface area (Å²) >= 11 is 1.69. The van der Waals surface area contributed by atoms with Crippen LogP contribution in [0.3, 0.4) is 0 Å². The summed E-state index contributed by atoms with van der Waals surface area (Å²) in [5, 5.41) is 6.20. The van der Waals surface area contributed by atoms with Crippen LogP contribution in [0.25, 0.3) is 10.9 Å². The van der Waals surface area contributed by atoms with Crippen LogP contribution in [0.4, 0.5) is 0 Å². The number of hydrogen-bond acceptors (Lipinski definition) is 2. The lowest BCUT2D eigenvalue weighted by atomic mass is 10.1. The molecule has 0 bridgehead atoms. The van der Waals surface area contributed by atoms with Crippen LogP contribution in [-0.2, 0) is 0 Å². The fourth-order valence-electron chi connectivity index (χ4n) is 2.58. The molecule has 0 aliphatic heterocycles. The zero-order chi connectivity index (χ0) is 14.7. The number of hydrogen-bond donors (Lipinski definition) is 2. The minimum atomic E-state index is -0.00736. The van der Waals surface area contributed by atoms with E-state index in [1.807, 2.05) is 36.5 Å². The van der Waals surface area contributed by atoms with Gasteiger partial charge in [-0.2, -0.15) is 0 Å². The monoisotopic (exact) mass is 298 g/mol. The SMILES string of the molecule is CCCC(NC(=O)c1cccc2[nH]ccc12)c1cccs1. The van der Waals surface area contributed by atoms with Gasteiger partial charge in [-0.3, -0.25) is 4.79 Å². The largest absolute Gasteiger partial charge is 0.361 e. The lowest BCUT2D eigenvalue weighted by molar-refractivity contribution is 0.0937. The van der Waals surface area contributed by atoms with Gasteiger partial charge in [0, 0.05) is 27.5 Å². The predicted octanol–water partition coefficient (Wildman–Crippen LogP) is 4.50. The molecule has 1 unspecified atom stereocenters. The molecule has 21 heavy (non-hydrogen) atoms. The van der Waals surface area contributed by atoms with E-state index < -0.39 is 0 Å². The van der Waals surface area contributed by atoms with Crippen molar-refractivity contribution >= 4 is 28.1 Å². The van der Waals surface area contributed by atoms with E-state index in [0.29, 0.717) is 0 Å². The van der Waals surface area contributed by atoms with Crippen LogP contribution in [0.2, 0.25) is 0 Å². The average molecular weight is 298 g/mol. The molecule has 1 atom stereocenters. The summed E-state index contributed by atoms with van der Waals surface area (Å²) in [6.45, 7) is 2.14. The standard InChI is InChI=1S/C17H18N2OS/c1-2-5-15(16-8-4-11-21-16)19-17(20)13-6-3-7-14-12(13)9-10-18-14/h3-4,6-11,15,18H,2,5H2,1H3,(H,19,20). The highest BCUT2D eigenvalue weighted by molar-refractivity contribution is 7.10. The normalized spacial score (nSPS) is 12.4. The molecule has 0 fully saturated rings. The number of aromatic nitrogens is 1. The van der Waals surface area contributed by atoms with Crippen molar-refractivity contribution in [1.29, 1.82) is 0 Å². The van der Waals surface area contributed by atoms with E-state index in [-0.39, 0.29) is 11.9 Å². The zero-order valence-corrected chi connectivity index (χ0v) is 12.7. The predicted molar refractivity (Wildman–Crippen MR) is 87.7 cm³/mol. The average Bonchev–Trinajstić information content (AvgIpc) is 3.17. The van der Waals surface area contributed by atoms with E-state index in [1.54, 1.807) is 11.3 Å². The molecule has 2 N–H and O–H groups in total. The maximum Gasteiger partial charge on any atom is 0.252 e. The van der Waals surface area contributed by atoms with Crippen molar-refractivity contribution in [2.75, 3.05) is 0 Å². The Balaban J connectivity index is 1.86. The summed E-state index contributed by atoms with van der Waals surface area (Å²) < 4.78 is 0. The Bertz CT molecular complexity index is 730. The zero-order valence-electron chi connectivity index (χ0n) is 11.9. The number of amides is 1. The summed E-state index contributed by atoms with van der Waals surface area (Å²) in [6.07, 6.45) is 3.86. The third-order valence-corrected chi connectivity index (χ3v) is 4.59. The molecule has 0 spiro atoms. The first kappa shape index (κ1) is 13.9. The Hall–Kier alpha value is -2.07. The summed E-state index contributed by atoms with van der Waals surface area (Å²) in [7, 11) is 0. The first-order chi connectivity index (χ1) is 10.3. The van der Waals surface area contributed by atoms with Crippen molar-refractivity contribution < 1.29 is 4.79 Å². The van der Waals surface area contributed by atoms with Crippen LogP contribution < -0.4 is 5.32 Å². The van der Waals surface area contributed by atoms with Gasteiger partial charge in [0.1, 0.15) is 0 Å². The van der Waals surface area contributed by atoms with E-state index in [2.05, 4.69) is 28.7 Å². The van der Waals surface area contributed by atoms with Crippen molar-refractivity contribution in [2.24, 2.45) is 0 Å². The maximum atomic E-state index is 12.6. The Morgan fingerprint density at radius 1 is 1.29 bits per heavy atom. The Morgan fingerprint density at radius 2 is 2.19 bits per heavy atom. The first-order valence-corrected chi connectivity index (χ1v) is 8.08. The minimum absolute atomic E-state index is 0.00736. The smallest absolute Gasteiger partial charge is 0.252 e. The Labute approximate surface area is 128 Å². The summed E-state index contributed by atoms with van der Waals surface area (Å²) in [4.78, 5) is 17.0. The third-order valence-electron chi connectivity index (χ3n) is 3.61. The number of rotatable bonds is 5. The molecule has 0 radical (unpaired) electrons. The second-order valence-electron chi connectivity index (χ2n) is 5.07. The molecule has 3 rings (SSSR count). The molecule has 3 aromatic rings. The van der Waals surface area contributed by atoms with Crippen molar-refractivity contribution in [3.63, 3.8) is 0 Å². The maximum absolute atomic E-state index is 12.6. The number of fused-ring (bicyclic) bond motifs is 1. The van der Waals surface area contributed by atoms with Crippen molar-refractivity contribution in [2.45, 2.75) is 25.8 Å². The topological polar surface area (TPSA) is 44.9 Å². The molecule has 108 valence electrons. The van der Waals surface area contributed by atoms with Crippen molar-refractivity contribution in [3.8, 4) is 0 Å². The van der Waals surface area contributed by atoms with Crippen LogP contribution >= 0.6 is 11.3 Å². The lowest BCUT2D eigenvalue weighted by Gasteiger charge is -2.17. The van der Waals surface area contributed by atoms with Gasteiger partial charge in [-0.05, 0) is 36.1 Å². The van der Waals surface area contributed by atoms with Crippen LogP contribution in [0, 0.1) is 0 Å². The Kier molecular flexibility index (Phi) is 4.06. The molecule has 1 amide bonds. The van der Waals surface area contributed by atoms with Gasteiger partial charge in [0.25, 0.3) is 5.91 Å². The number of benzene rings is 1. The second-order valence-corrected chi connectivity index (χ2v) is 6.05. The number of aromatic amines is 1. The van der Waals surface area contributed by atoms with Gasteiger partial charge in [0.05, 0.1) is 6.04 Å². The summed E-state index contributed by atoms with van der Waals surface area (Å²) in [6, 6.07) is 11.9. The number of carbonyl (C=O) groups excluding carboxylic acids is 1. The molecule has 0 aliphatic rings. The molecule has 4 heteroatoms. The lowest BCUT2D eigenvalue weighted by Crippen LogP contribution is -2.28. The van der Waals surface area contributed by atoms with E-state index in [1.165, 1.54) is 4.88 Å². The molecule has 1 aromatic carbocycles. The number of carbonyl (C=O) groups is 1. The van der Waals surface area contributed by atoms with Crippen LogP contribution in [0.5, 0.6) is 0 Å². The molecule has 2 aromatic heterocycles. The van der Waals surface area contributed by atoms with Crippen LogP contribution in [-0.4, -0.2) is 10.9 Å². The first-order valence-electron chi connectivity index (χ1n) is 7.20. The van der Waals surface area contributed by atoms with E-state index >= 15 is 0 Å². The third kappa shape index (κ3) is 2.85. The molecule has 0 aliphatic carbocycles. The number of nitrogens with one attached hydrogen (secondary N) is 2. The van der Waals surface area contributed by atoms with Gasteiger partial charge in [-0.25, -0.2) is 0 Å². The van der Waals surface area contributed by atoms with E-state index in [0.717, 1.165) is 29.3 Å². The van der Waals surface area contributed by atoms with Gasteiger partial charge >= 0.3 is 0 Å².